The van der Waals surface area contributed by atoms with E-state index < -0.39 is 35.3 Å². The van der Waals surface area contributed by atoms with Crippen LogP contribution < -0.4 is 9.47 Å². The molecule has 0 saturated heterocycles. The fourth-order valence-corrected chi connectivity index (χ4v) is 1.88. The number of halogens is 9. The van der Waals surface area contributed by atoms with Gasteiger partial charge in [0.1, 0.15) is 13.2 Å². The molecule has 0 saturated carbocycles. The first kappa shape index (κ1) is 19.2. The molecule has 0 spiro atoms. The summed E-state index contributed by atoms with van der Waals surface area (Å²) in [7, 11) is 0. The molecule has 2 rings (SSSR count). The molecule has 0 atom stereocenters. The second-order valence-corrected chi connectivity index (χ2v) is 4.91. The predicted molar refractivity (Wildman–Crippen MR) is 62.7 cm³/mol. The third kappa shape index (κ3) is 2.86. The minimum atomic E-state index is -7.13. The molecule has 0 aromatic heterocycles. The van der Waals surface area contributed by atoms with Gasteiger partial charge < -0.3 is 9.47 Å². The van der Waals surface area contributed by atoms with Crippen molar-refractivity contribution in [2.75, 3.05) is 13.2 Å². The van der Waals surface area contributed by atoms with Gasteiger partial charge in [-0.2, -0.15) is 39.5 Å². The highest BCUT2D eigenvalue weighted by Crippen LogP contribution is 2.54. The van der Waals surface area contributed by atoms with Gasteiger partial charge in [0.2, 0.25) is 5.78 Å². The summed E-state index contributed by atoms with van der Waals surface area (Å²) in [6, 6.07) is 1.87. The van der Waals surface area contributed by atoms with Crippen LogP contribution in [0.4, 0.5) is 39.5 Å². The largest absolute Gasteiger partial charge is 0.486 e. The number of carbonyl (C=O) groups excluding carboxylic acids is 1. The van der Waals surface area contributed by atoms with E-state index >= 15 is 0 Å². The number of carbonyl (C=O) groups is 1. The molecule has 25 heavy (non-hydrogen) atoms. The molecule has 1 aromatic rings. The summed E-state index contributed by atoms with van der Waals surface area (Å²) in [6.07, 6.45) is -6.99. The first-order chi connectivity index (χ1) is 11.2. The Labute approximate surface area is 133 Å². The van der Waals surface area contributed by atoms with Crippen LogP contribution in [0, 0.1) is 0 Å². The van der Waals surface area contributed by atoms with E-state index in [4.69, 9.17) is 9.47 Å². The number of alkyl halides is 9. The Balaban J connectivity index is 2.43. The predicted octanol–water partition coefficient (Wildman–Crippen LogP) is 4.11. The third-order valence-electron chi connectivity index (χ3n) is 3.23. The van der Waals surface area contributed by atoms with E-state index in [0.717, 1.165) is 6.07 Å². The lowest BCUT2D eigenvalue weighted by molar-refractivity contribution is -0.386. The van der Waals surface area contributed by atoms with Crippen LogP contribution in [0.15, 0.2) is 18.2 Å². The zero-order valence-corrected chi connectivity index (χ0v) is 11.8. The first-order valence-electron chi connectivity index (χ1n) is 6.38. The molecule has 1 aliphatic heterocycles. The Morgan fingerprint density at radius 3 is 1.84 bits per heavy atom. The van der Waals surface area contributed by atoms with Crippen LogP contribution in [-0.2, 0) is 0 Å². The number of benzene rings is 1. The standard InChI is InChI=1S/C13H7F9O3/c14-10(15,11(16,17)12(18,19)13(20,21)22)9(23)6-1-2-7-8(5-6)25-4-3-24-7/h1-2,5H,3-4H2. The fourth-order valence-electron chi connectivity index (χ4n) is 1.88. The number of Topliss-reactive ketones (excluding diaryl/α,β-unsaturated/α-hetero) is 1. The lowest BCUT2D eigenvalue weighted by Gasteiger charge is -2.32. The van der Waals surface area contributed by atoms with Crippen molar-refractivity contribution in [1.82, 2.24) is 0 Å². The quantitative estimate of drug-likeness (QED) is 0.581. The molecule has 0 fully saturated rings. The van der Waals surface area contributed by atoms with Gasteiger partial charge in [-0.1, -0.05) is 0 Å². The minimum absolute atomic E-state index is 0.0431. The van der Waals surface area contributed by atoms with Crippen LogP contribution in [0.1, 0.15) is 10.4 Å². The van der Waals surface area contributed by atoms with Crippen molar-refractivity contribution < 1.29 is 53.8 Å². The van der Waals surface area contributed by atoms with E-state index in [2.05, 4.69) is 0 Å². The summed E-state index contributed by atoms with van der Waals surface area (Å²) >= 11 is 0. The molecule has 1 aromatic carbocycles. The number of rotatable bonds is 4. The monoisotopic (exact) mass is 382 g/mol. The van der Waals surface area contributed by atoms with Gasteiger partial charge in [-0.25, -0.2) is 0 Å². The van der Waals surface area contributed by atoms with E-state index in [1.807, 2.05) is 0 Å². The smallest absolute Gasteiger partial charge is 0.460 e. The first-order valence-corrected chi connectivity index (χ1v) is 6.38. The molecular formula is C13H7F9O3. The minimum Gasteiger partial charge on any atom is -0.486 e. The Bertz CT molecular complexity index is 682. The fraction of sp³-hybridized carbons (Fsp3) is 0.462. The maximum Gasteiger partial charge on any atom is 0.460 e. The number of hydrogen-bond acceptors (Lipinski definition) is 3. The van der Waals surface area contributed by atoms with Crippen LogP contribution in [0.25, 0.3) is 0 Å². The van der Waals surface area contributed by atoms with E-state index in [9.17, 15) is 44.3 Å². The maximum atomic E-state index is 13.6. The van der Waals surface area contributed by atoms with Crippen LogP contribution in [0.2, 0.25) is 0 Å². The highest BCUT2D eigenvalue weighted by Gasteiger charge is 2.83. The van der Waals surface area contributed by atoms with Gasteiger partial charge >= 0.3 is 23.9 Å². The summed E-state index contributed by atoms with van der Waals surface area (Å²) < 4.78 is 125. The highest BCUT2D eigenvalue weighted by atomic mass is 19.4. The van der Waals surface area contributed by atoms with Crippen molar-refractivity contribution in [3.05, 3.63) is 23.8 Å². The van der Waals surface area contributed by atoms with Gasteiger partial charge in [-0.05, 0) is 18.2 Å². The molecule has 1 aliphatic rings. The van der Waals surface area contributed by atoms with Gasteiger partial charge in [0, 0.05) is 5.56 Å². The van der Waals surface area contributed by atoms with E-state index in [-0.39, 0.29) is 24.7 Å². The molecule has 140 valence electrons. The van der Waals surface area contributed by atoms with Crippen LogP contribution >= 0.6 is 0 Å². The number of hydrogen-bond donors (Lipinski definition) is 0. The molecule has 0 amide bonds. The van der Waals surface area contributed by atoms with Crippen molar-refractivity contribution in [2.45, 2.75) is 23.9 Å². The average molecular weight is 382 g/mol. The molecule has 0 radical (unpaired) electrons. The van der Waals surface area contributed by atoms with Gasteiger partial charge in [-0.3, -0.25) is 4.79 Å². The Morgan fingerprint density at radius 2 is 1.32 bits per heavy atom. The number of ether oxygens (including phenoxy) is 2. The van der Waals surface area contributed by atoms with Crippen molar-refractivity contribution in [2.24, 2.45) is 0 Å². The maximum absolute atomic E-state index is 13.6. The third-order valence-corrected chi connectivity index (χ3v) is 3.23. The molecule has 3 nitrogen and oxygen atoms in total. The topological polar surface area (TPSA) is 35.5 Å². The molecule has 1 heterocycles. The van der Waals surface area contributed by atoms with E-state index in [0.29, 0.717) is 12.1 Å². The summed E-state index contributed by atoms with van der Waals surface area (Å²) in [5.41, 5.74) is -1.24. The second kappa shape index (κ2) is 5.70. The summed E-state index contributed by atoms with van der Waals surface area (Å²) in [5.74, 6) is -23.8. The SMILES string of the molecule is O=C(c1ccc2c(c1)OCCO2)C(F)(F)C(F)(F)C(F)(F)C(F)(F)F. The van der Waals surface area contributed by atoms with Gasteiger partial charge in [-0.15, -0.1) is 0 Å². The number of ketones is 1. The Kier molecular flexibility index (Phi) is 4.37. The lowest BCUT2D eigenvalue weighted by Crippen LogP contribution is -2.63. The molecule has 12 heteroatoms. The second-order valence-electron chi connectivity index (χ2n) is 4.91. The van der Waals surface area contributed by atoms with Crippen molar-refractivity contribution in [3.8, 4) is 11.5 Å². The van der Waals surface area contributed by atoms with Crippen molar-refractivity contribution in [1.29, 1.82) is 0 Å². The van der Waals surface area contributed by atoms with Gasteiger partial charge in [0.05, 0.1) is 0 Å². The molecule has 0 unspecified atom stereocenters. The summed E-state index contributed by atoms with van der Waals surface area (Å²) in [5, 5.41) is 0. The molecule has 0 aliphatic carbocycles. The van der Waals surface area contributed by atoms with Crippen molar-refractivity contribution in [3.63, 3.8) is 0 Å². The summed E-state index contributed by atoms with van der Waals surface area (Å²) in [6.45, 7) is -0.0182. The lowest BCUT2D eigenvalue weighted by atomic mass is 9.95. The van der Waals surface area contributed by atoms with Crippen LogP contribution in [0.3, 0.4) is 0 Å². The Hall–Kier alpha value is -2.14. The average Bonchev–Trinajstić information content (AvgIpc) is 2.52. The van der Waals surface area contributed by atoms with E-state index in [1.165, 1.54) is 0 Å². The highest BCUT2D eigenvalue weighted by molar-refractivity contribution is 6.02. The number of fused-ring (bicyclic) bond motifs is 1. The Morgan fingerprint density at radius 1 is 0.800 bits per heavy atom. The zero-order valence-electron chi connectivity index (χ0n) is 11.8. The molecule has 0 N–H and O–H groups in total. The van der Waals surface area contributed by atoms with E-state index in [1.54, 1.807) is 0 Å². The van der Waals surface area contributed by atoms with Crippen LogP contribution in [-0.4, -0.2) is 42.9 Å². The van der Waals surface area contributed by atoms with Gasteiger partial charge in [0.15, 0.2) is 11.5 Å². The van der Waals surface area contributed by atoms with Crippen molar-refractivity contribution >= 4 is 5.78 Å². The van der Waals surface area contributed by atoms with Gasteiger partial charge in [0.25, 0.3) is 0 Å². The summed E-state index contributed by atoms with van der Waals surface area (Å²) in [4.78, 5) is 11.5. The normalized spacial score (nSPS) is 15.9. The van der Waals surface area contributed by atoms with Crippen LogP contribution in [0.5, 0.6) is 11.5 Å². The molecular weight excluding hydrogens is 375 g/mol. The zero-order chi connectivity index (χ0) is 19.3. The molecule has 0 bridgehead atoms.